The van der Waals surface area contributed by atoms with Crippen molar-refractivity contribution in [2.45, 2.75) is 39.7 Å². The average molecular weight is 366 g/mol. The van der Waals surface area contributed by atoms with Gasteiger partial charge in [-0.15, -0.1) is 0 Å². The van der Waals surface area contributed by atoms with Crippen LogP contribution >= 0.6 is 0 Å². The number of rotatable bonds is 4. The quantitative estimate of drug-likeness (QED) is 0.842. The van der Waals surface area contributed by atoms with E-state index in [1.54, 1.807) is 4.90 Å². The third-order valence-electron chi connectivity index (χ3n) is 4.83. The molecule has 0 radical (unpaired) electrons. The first-order chi connectivity index (χ1) is 13.0. The molecule has 0 saturated carbocycles. The lowest BCUT2D eigenvalue weighted by atomic mass is 10.0. The normalized spacial score (nSPS) is 14.3. The molecule has 0 fully saturated rings. The predicted molar refractivity (Wildman–Crippen MR) is 106 cm³/mol. The van der Waals surface area contributed by atoms with Crippen molar-refractivity contribution >= 4 is 17.5 Å². The summed E-state index contributed by atoms with van der Waals surface area (Å²) in [6, 6.07) is 13.3. The van der Waals surface area contributed by atoms with Gasteiger partial charge in [-0.25, -0.2) is 0 Å². The highest BCUT2D eigenvalue weighted by Gasteiger charge is 2.28. The number of hydrogen-bond acceptors (Lipinski definition) is 3. The van der Waals surface area contributed by atoms with Gasteiger partial charge in [-0.05, 0) is 51.3 Å². The number of nitrogens with zero attached hydrogens (tertiary/aromatic N) is 1. The number of nitrogens with one attached hydrogen (secondary N) is 1. The third-order valence-corrected chi connectivity index (χ3v) is 4.83. The molecule has 2 amide bonds. The van der Waals surface area contributed by atoms with Crippen LogP contribution in [0, 0.1) is 6.92 Å². The van der Waals surface area contributed by atoms with Gasteiger partial charge in [0.15, 0.2) is 0 Å². The fourth-order valence-electron chi connectivity index (χ4n) is 3.50. The van der Waals surface area contributed by atoms with Crippen molar-refractivity contribution in [1.29, 1.82) is 0 Å². The summed E-state index contributed by atoms with van der Waals surface area (Å²) >= 11 is 0. The maximum absolute atomic E-state index is 12.8. The molecule has 142 valence electrons. The Morgan fingerprint density at radius 3 is 2.78 bits per heavy atom. The van der Waals surface area contributed by atoms with E-state index in [1.807, 2.05) is 63.2 Å². The zero-order chi connectivity index (χ0) is 19.4. The molecule has 5 heteroatoms. The van der Waals surface area contributed by atoms with Crippen molar-refractivity contribution in [2.75, 3.05) is 18.1 Å². The second kappa shape index (κ2) is 8.25. The Morgan fingerprint density at radius 1 is 1.22 bits per heavy atom. The number of benzene rings is 2. The van der Waals surface area contributed by atoms with Crippen molar-refractivity contribution in [1.82, 2.24) is 5.32 Å². The van der Waals surface area contributed by atoms with Crippen LogP contribution < -0.4 is 15.0 Å². The van der Waals surface area contributed by atoms with Crippen LogP contribution in [-0.4, -0.2) is 25.0 Å². The molecule has 27 heavy (non-hydrogen) atoms. The Kier molecular flexibility index (Phi) is 5.79. The molecule has 1 aliphatic rings. The van der Waals surface area contributed by atoms with Gasteiger partial charge in [0.2, 0.25) is 0 Å². The molecule has 0 spiro atoms. The fraction of sp³-hybridized carbons (Fsp3) is 0.364. The molecule has 1 heterocycles. The first kappa shape index (κ1) is 19.0. The number of amides is 2. The van der Waals surface area contributed by atoms with E-state index in [1.165, 1.54) is 0 Å². The van der Waals surface area contributed by atoms with E-state index in [0.717, 1.165) is 41.0 Å². The molecular formula is C22H26N2O3. The van der Waals surface area contributed by atoms with Crippen LogP contribution in [0.5, 0.6) is 5.75 Å². The van der Waals surface area contributed by atoms with Gasteiger partial charge >= 0.3 is 11.8 Å². The first-order valence-electron chi connectivity index (χ1n) is 9.45. The summed E-state index contributed by atoms with van der Waals surface area (Å²) in [5, 5.41) is 2.84. The molecule has 5 nitrogen and oxygen atoms in total. The molecule has 2 aromatic rings. The second-order valence-electron chi connectivity index (χ2n) is 6.86. The average Bonchev–Trinajstić information content (AvgIpc) is 2.68. The molecule has 0 aromatic heterocycles. The third kappa shape index (κ3) is 4.13. The summed E-state index contributed by atoms with van der Waals surface area (Å²) in [6.07, 6.45) is 1.79. The number of carbonyl (C=O) groups is 2. The van der Waals surface area contributed by atoms with E-state index in [2.05, 4.69) is 5.32 Å². The van der Waals surface area contributed by atoms with E-state index in [-0.39, 0.29) is 6.04 Å². The lowest BCUT2D eigenvalue weighted by Gasteiger charge is -2.29. The molecule has 1 aliphatic heterocycles. The number of ether oxygens (including phenoxy) is 1. The highest BCUT2D eigenvalue weighted by atomic mass is 16.5. The van der Waals surface area contributed by atoms with E-state index >= 15 is 0 Å². The summed E-state index contributed by atoms with van der Waals surface area (Å²) in [6.45, 7) is 6.88. The van der Waals surface area contributed by atoms with E-state index in [9.17, 15) is 9.59 Å². The SMILES string of the molecule is CCOc1ccc(C)cc1C(C)NC(=O)C(=O)N1CCCc2ccccc21. The molecule has 2 aromatic carbocycles. The molecule has 1 unspecified atom stereocenters. The van der Waals surface area contributed by atoms with Crippen LogP contribution in [-0.2, 0) is 16.0 Å². The molecule has 1 N–H and O–H groups in total. The van der Waals surface area contributed by atoms with Gasteiger partial charge in [0.25, 0.3) is 0 Å². The predicted octanol–water partition coefficient (Wildman–Crippen LogP) is 3.55. The smallest absolute Gasteiger partial charge is 0.316 e. The Labute approximate surface area is 160 Å². The summed E-state index contributed by atoms with van der Waals surface area (Å²) in [5.74, 6) is -0.380. The minimum atomic E-state index is -0.594. The van der Waals surface area contributed by atoms with Gasteiger partial charge in [0.05, 0.1) is 12.6 Å². The van der Waals surface area contributed by atoms with E-state index in [4.69, 9.17) is 4.74 Å². The maximum Gasteiger partial charge on any atom is 0.316 e. The Balaban J connectivity index is 1.76. The van der Waals surface area contributed by atoms with Gasteiger partial charge in [-0.3, -0.25) is 9.59 Å². The number of hydrogen-bond donors (Lipinski definition) is 1. The summed E-state index contributed by atoms with van der Waals surface area (Å²) in [5.41, 5.74) is 3.89. The molecule has 0 bridgehead atoms. The second-order valence-corrected chi connectivity index (χ2v) is 6.86. The topological polar surface area (TPSA) is 58.6 Å². The van der Waals surface area contributed by atoms with Crippen molar-refractivity contribution in [3.05, 3.63) is 59.2 Å². The summed E-state index contributed by atoms with van der Waals surface area (Å²) < 4.78 is 5.67. The van der Waals surface area contributed by atoms with E-state index < -0.39 is 11.8 Å². The van der Waals surface area contributed by atoms with Crippen LogP contribution in [0.2, 0.25) is 0 Å². The molecule has 0 aliphatic carbocycles. The molecular weight excluding hydrogens is 340 g/mol. The van der Waals surface area contributed by atoms with Crippen molar-refractivity contribution < 1.29 is 14.3 Å². The van der Waals surface area contributed by atoms with Crippen LogP contribution in [0.4, 0.5) is 5.69 Å². The zero-order valence-corrected chi connectivity index (χ0v) is 16.1. The van der Waals surface area contributed by atoms with Crippen molar-refractivity contribution in [3.8, 4) is 5.75 Å². The summed E-state index contributed by atoms with van der Waals surface area (Å²) in [7, 11) is 0. The van der Waals surface area contributed by atoms with Crippen LogP contribution in [0.3, 0.4) is 0 Å². The molecule has 0 saturated heterocycles. The standard InChI is InChI=1S/C22H26N2O3/c1-4-27-20-12-11-15(2)14-18(20)16(3)23-21(25)22(26)24-13-7-9-17-8-5-6-10-19(17)24/h5-6,8,10-12,14,16H,4,7,9,13H2,1-3H3,(H,23,25). The molecule has 3 rings (SSSR count). The first-order valence-corrected chi connectivity index (χ1v) is 9.45. The van der Waals surface area contributed by atoms with Gasteiger partial charge in [0, 0.05) is 17.8 Å². The minimum Gasteiger partial charge on any atom is -0.494 e. The maximum atomic E-state index is 12.8. The molecule has 1 atom stereocenters. The number of fused-ring (bicyclic) bond motifs is 1. The van der Waals surface area contributed by atoms with Crippen LogP contribution in [0.1, 0.15) is 43.0 Å². The number of aryl methyl sites for hydroxylation is 2. The van der Waals surface area contributed by atoms with E-state index in [0.29, 0.717) is 13.2 Å². The number of anilines is 1. The Hall–Kier alpha value is -2.82. The number of carbonyl (C=O) groups excluding carboxylic acids is 2. The van der Waals surface area contributed by atoms with Crippen molar-refractivity contribution in [3.63, 3.8) is 0 Å². The minimum absolute atomic E-state index is 0.331. The fourth-order valence-corrected chi connectivity index (χ4v) is 3.50. The zero-order valence-electron chi connectivity index (χ0n) is 16.1. The highest BCUT2D eigenvalue weighted by Crippen LogP contribution is 2.28. The van der Waals surface area contributed by atoms with Gasteiger partial charge in [-0.1, -0.05) is 35.9 Å². The van der Waals surface area contributed by atoms with Crippen LogP contribution in [0.25, 0.3) is 0 Å². The highest BCUT2D eigenvalue weighted by molar-refractivity contribution is 6.40. The van der Waals surface area contributed by atoms with Crippen LogP contribution in [0.15, 0.2) is 42.5 Å². The van der Waals surface area contributed by atoms with Crippen molar-refractivity contribution in [2.24, 2.45) is 0 Å². The van der Waals surface area contributed by atoms with Gasteiger partial charge in [-0.2, -0.15) is 0 Å². The monoisotopic (exact) mass is 366 g/mol. The lowest BCUT2D eigenvalue weighted by molar-refractivity contribution is -0.138. The van der Waals surface area contributed by atoms with Gasteiger partial charge in [0.1, 0.15) is 5.75 Å². The Bertz CT molecular complexity index is 847. The summed E-state index contributed by atoms with van der Waals surface area (Å²) in [4.78, 5) is 27.0. The van der Waals surface area contributed by atoms with Gasteiger partial charge < -0.3 is 15.0 Å². The number of para-hydroxylation sites is 1. The Morgan fingerprint density at radius 2 is 2.00 bits per heavy atom. The largest absolute Gasteiger partial charge is 0.494 e. The lowest BCUT2D eigenvalue weighted by Crippen LogP contribution is -2.45.